The Morgan fingerprint density at radius 2 is 1.62 bits per heavy atom. The number of amides is 2. The average Bonchev–Trinajstić information content (AvgIpc) is 2.89. The standard InChI is InChI=1S/C29H33F2N3O4S/c1-4-21(2)32-29(36)27(17-22-11-6-5-7-12-22)33(19-23-13-8-9-16-26(23)31)28(35)20-34(39(3,37)38)25-15-10-14-24(30)18-25/h5-16,18,21,27H,4,17,19-20H2,1-3H3,(H,32,36)/t21-,27+/m1/s1. The van der Waals surface area contributed by atoms with Gasteiger partial charge < -0.3 is 10.2 Å². The summed E-state index contributed by atoms with van der Waals surface area (Å²) in [6.45, 7) is 2.74. The minimum atomic E-state index is -4.03. The van der Waals surface area contributed by atoms with Gasteiger partial charge in [0, 0.05) is 24.6 Å². The Kier molecular flexibility index (Phi) is 10.2. The highest BCUT2D eigenvalue weighted by molar-refractivity contribution is 7.92. The quantitative estimate of drug-likeness (QED) is 0.360. The fraction of sp³-hybridized carbons (Fsp3) is 0.310. The second-order valence-electron chi connectivity index (χ2n) is 9.39. The summed E-state index contributed by atoms with van der Waals surface area (Å²) in [5.41, 5.74) is 0.885. The van der Waals surface area contributed by atoms with Gasteiger partial charge in [-0.05, 0) is 43.2 Å². The van der Waals surface area contributed by atoms with Crippen molar-refractivity contribution in [2.24, 2.45) is 0 Å². The molecule has 2 atom stereocenters. The number of hydrogen-bond donors (Lipinski definition) is 1. The topological polar surface area (TPSA) is 86.8 Å². The van der Waals surface area contributed by atoms with Crippen molar-refractivity contribution in [2.45, 2.75) is 45.3 Å². The Labute approximate surface area is 228 Å². The number of rotatable bonds is 12. The van der Waals surface area contributed by atoms with Crippen molar-refractivity contribution >= 4 is 27.5 Å². The van der Waals surface area contributed by atoms with E-state index in [0.29, 0.717) is 6.42 Å². The van der Waals surface area contributed by atoms with Crippen molar-refractivity contribution in [3.05, 3.63) is 102 Å². The molecular formula is C29H33F2N3O4S. The summed E-state index contributed by atoms with van der Waals surface area (Å²) in [5, 5.41) is 2.90. The molecule has 208 valence electrons. The summed E-state index contributed by atoms with van der Waals surface area (Å²) in [5.74, 6) is -2.43. The molecule has 0 saturated carbocycles. The number of nitrogens with one attached hydrogen (secondary N) is 1. The van der Waals surface area contributed by atoms with Crippen LogP contribution in [0.5, 0.6) is 0 Å². The highest BCUT2D eigenvalue weighted by atomic mass is 32.2. The predicted molar refractivity (Wildman–Crippen MR) is 147 cm³/mol. The van der Waals surface area contributed by atoms with Crippen LogP contribution >= 0.6 is 0 Å². The van der Waals surface area contributed by atoms with Crippen LogP contribution in [0.3, 0.4) is 0 Å². The van der Waals surface area contributed by atoms with E-state index in [-0.39, 0.29) is 30.3 Å². The van der Waals surface area contributed by atoms with E-state index < -0.39 is 46.1 Å². The summed E-state index contributed by atoms with van der Waals surface area (Å²) >= 11 is 0. The lowest BCUT2D eigenvalue weighted by Crippen LogP contribution is -2.54. The Morgan fingerprint density at radius 1 is 0.949 bits per heavy atom. The first-order valence-electron chi connectivity index (χ1n) is 12.6. The minimum Gasteiger partial charge on any atom is -0.352 e. The van der Waals surface area contributed by atoms with Crippen molar-refractivity contribution in [2.75, 3.05) is 17.1 Å². The number of sulfonamides is 1. The molecular weight excluding hydrogens is 524 g/mol. The number of halogens is 2. The summed E-state index contributed by atoms with van der Waals surface area (Å²) < 4.78 is 54.9. The number of carbonyl (C=O) groups is 2. The van der Waals surface area contributed by atoms with Crippen molar-refractivity contribution in [1.29, 1.82) is 0 Å². The van der Waals surface area contributed by atoms with E-state index in [0.717, 1.165) is 28.3 Å². The summed E-state index contributed by atoms with van der Waals surface area (Å²) in [7, 11) is -4.03. The Hall–Kier alpha value is -3.79. The highest BCUT2D eigenvalue weighted by Gasteiger charge is 2.33. The van der Waals surface area contributed by atoms with Gasteiger partial charge in [-0.3, -0.25) is 13.9 Å². The van der Waals surface area contributed by atoms with E-state index in [1.165, 1.54) is 35.2 Å². The van der Waals surface area contributed by atoms with Crippen molar-refractivity contribution in [3.63, 3.8) is 0 Å². The van der Waals surface area contributed by atoms with Gasteiger partial charge in [0.25, 0.3) is 0 Å². The molecule has 2 amide bonds. The van der Waals surface area contributed by atoms with Gasteiger partial charge in [-0.25, -0.2) is 17.2 Å². The van der Waals surface area contributed by atoms with E-state index in [2.05, 4.69) is 5.32 Å². The van der Waals surface area contributed by atoms with Crippen LogP contribution in [0, 0.1) is 11.6 Å². The van der Waals surface area contributed by atoms with Crippen molar-refractivity contribution in [1.82, 2.24) is 10.2 Å². The van der Waals surface area contributed by atoms with E-state index in [9.17, 15) is 26.8 Å². The van der Waals surface area contributed by atoms with Crippen molar-refractivity contribution in [3.8, 4) is 0 Å². The second kappa shape index (κ2) is 13.3. The van der Waals surface area contributed by atoms with Crippen LogP contribution in [0.4, 0.5) is 14.5 Å². The smallest absolute Gasteiger partial charge is 0.244 e. The maximum Gasteiger partial charge on any atom is 0.244 e. The predicted octanol–water partition coefficient (Wildman–Crippen LogP) is 4.29. The molecule has 3 aromatic rings. The number of benzene rings is 3. The maximum atomic E-state index is 14.7. The first kappa shape index (κ1) is 29.8. The number of anilines is 1. The van der Waals surface area contributed by atoms with Gasteiger partial charge in [-0.1, -0.05) is 61.5 Å². The van der Waals surface area contributed by atoms with Crippen molar-refractivity contribution < 1.29 is 26.8 Å². The summed E-state index contributed by atoms with van der Waals surface area (Å²) in [4.78, 5) is 28.6. The Morgan fingerprint density at radius 3 is 2.23 bits per heavy atom. The largest absolute Gasteiger partial charge is 0.352 e. The molecule has 1 N–H and O–H groups in total. The normalized spacial score (nSPS) is 12.8. The van der Waals surface area contributed by atoms with Gasteiger partial charge in [0.05, 0.1) is 11.9 Å². The zero-order valence-corrected chi connectivity index (χ0v) is 23.0. The Bertz CT molecular complexity index is 1390. The van der Waals surface area contributed by atoms with Crippen LogP contribution in [0.2, 0.25) is 0 Å². The lowest BCUT2D eigenvalue weighted by Gasteiger charge is -2.34. The molecule has 0 unspecified atom stereocenters. The monoisotopic (exact) mass is 557 g/mol. The number of hydrogen-bond acceptors (Lipinski definition) is 4. The van der Waals surface area contributed by atoms with Crippen LogP contribution < -0.4 is 9.62 Å². The third-order valence-corrected chi connectivity index (χ3v) is 7.49. The van der Waals surface area contributed by atoms with E-state index in [1.54, 1.807) is 18.2 Å². The molecule has 0 aliphatic rings. The zero-order valence-electron chi connectivity index (χ0n) is 22.2. The zero-order chi connectivity index (χ0) is 28.6. The highest BCUT2D eigenvalue weighted by Crippen LogP contribution is 2.22. The molecule has 0 fully saturated rings. The van der Waals surface area contributed by atoms with Crippen LogP contribution in [0.15, 0.2) is 78.9 Å². The fourth-order valence-electron chi connectivity index (χ4n) is 4.05. The van der Waals surface area contributed by atoms with Crippen LogP contribution in [-0.2, 0) is 32.6 Å². The molecule has 3 rings (SSSR count). The molecule has 7 nitrogen and oxygen atoms in total. The molecule has 39 heavy (non-hydrogen) atoms. The fourth-order valence-corrected chi connectivity index (χ4v) is 4.89. The van der Waals surface area contributed by atoms with Gasteiger partial charge in [0.1, 0.15) is 24.2 Å². The Balaban J connectivity index is 2.07. The maximum absolute atomic E-state index is 14.7. The molecule has 0 saturated heterocycles. The molecule has 0 aliphatic carbocycles. The molecule has 0 aliphatic heterocycles. The lowest BCUT2D eigenvalue weighted by molar-refractivity contribution is -0.140. The van der Waals surface area contributed by atoms with E-state index >= 15 is 0 Å². The number of nitrogens with zero attached hydrogens (tertiary/aromatic N) is 2. The van der Waals surface area contributed by atoms with Crippen LogP contribution in [0.25, 0.3) is 0 Å². The van der Waals surface area contributed by atoms with Gasteiger partial charge in [-0.15, -0.1) is 0 Å². The number of carbonyl (C=O) groups excluding carboxylic acids is 2. The third-order valence-electron chi connectivity index (χ3n) is 6.35. The van der Waals surface area contributed by atoms with Crippen LogP contribution in [0.1, 0.15) is 31.4 Å². The first-order chi connectivity index (χ1) is 18.5. The van der Waals surface area contributed by atoms with Gasteiger partial charge in [0.2, 0.25) is 21.8 Å². The van der Waals surface area contributed by atoms with Gasteiger partial charge >= 0.3 is 0 Å². The molecule has 0 bridgehead atoms. The summed E-state index contributed by atoms with van der Waals surface area (Å²) in [6.07, 6.45) is 1.66. The average molecular weight is 558 g/mol. The third kappa shape index (κ3) is 8.35. The van der Waals surface area contributed by atoms with Gasteiger partial charge in [0.15, 0.2) is 0 Å². The SMILES string of the molecule is CC[C@@H](C)NC(=O)[C@H](Cc1ccccc1)N(Cc1ccccc1F)C(=O)CN(c1cccc(F)c1)S(C)(=O)=O. The van der Waals surface area contributed by atoms with E-state index in [4.69, 9.17) is 0 Å². The van der Waals surface area contributed by atoms with Crippen LogP contribution in [-0.4, -0.2) is 50.0 Å². The molecule has 0 heterocycles. The second-order valence-corrected chi connectivity index (χ2v) is 11.3. The van der Waals surface area contributed by atoms with E-state index in [1.807, 2.05) is 32.0 Å². The first-order valence-corrected chi connectivity index (χ1v) is 14.4. The molecule has 10 heteroatoms. The van der Waals surface area contributed by atoms with Gasteiger partial charge in [-0.2, -0.15) is 0 Å². The molecule has 3 aromatic carbocycles. The molecule has 0 radical (unpaired) electrons. The lowest BCUT2D eigenvalue weighted by atomic mass is 10.0. The summed E-state index contributed by atoms with van der Waals surface area (Å²) in [6, 6.07) is 18.5. The molecule has 0 aromatic heterocycles. The molecule has 0 spiro atoms. The minimum absolute atomic E-state index is 0.0413.